The summed E-state index contributed by atoms with van der Waals surface area (Å²) >= 11 is 0. The van der Waals surface area contributed by atoms with Gasteiger partial charge in [0.25, 0.3) is 8.32 Å². The second kappa shape index (κ2) is 10.8. The van der Waals surface area contributed by atoms with Crippen LogP contribution in [0, 0.1) is 0 Å². The van der Waals surface area contributed by atoms with E-state index >= 15 is 0 Å². The van der Waals surface area contributed by atoms with Gasteiger partial charge >= 0.3 is 6.09 Å². The zero-order valence-corrected chi connectivity index (χ0v) is 23.4. The number of ether oxygens (including phenoxy) is 3. The van der Waals surface area contributed by atoms with Crippen LogP contribution in [0.2, 0.25) is 18.1 Å². The highest BCUT2D eigenvalue weighted by molar-refractivity contribution is 6.74. The van der Waals surface area contributed by atoms with Crippen LogP contribution in [0.1, 0.15) is 44.7 Å². The van der Waals surface area contributed by atoms with Gasteiger partial charge in [-0.25, -0.2) is 4.79 Å². The van der Waals surface area contributed by atoms with Crippen molar-refractivity contribution in [2.75, 3.05) is 21.3 Å². The maximum atomic E-state index is 12.2. The number of carbonyl (C=O) groups is 1. The van der Waals surface area contributed by atoms with Crippen molar-refractivity contribution in [3.63, 3.8) is 0 Å². The summed E-state index contributed by atoms with van der Waals surface area (Å²) in [5, 5.41) is 1.16. The van der Waals surface area contributed by atoms with Crippen molar-refractivity contribution in [1.82, 2.24) is 4.57 Å². The van der Waals surface area contributed by atoms with Crippen LogP contribution in [0.25, 0.3) is 10.9 Å². The molecule has 2 aromatic carbocycles. The largest absolute Gasteiger partial charge is 0.539 e. The van der Waals surface area contributed by atoms with Crippen molar-refractivity contribution < 1.29 is 23.4 Å². The number of carbonyl (C=O) groups excluding carboxylic acids is 1. The van der Waals surface area contributed by atoms with E-state index in [0.29, 0.717) is 17.2 Å². The van der Waals surface area contributed by atoms with Gasteiger partial charge in [-0.05, 0) is 73.1 Å². The number of aromatic nitrogens is 1. The fraction of sp³-hybridized carbons (Fsp3) is 0.464. The summed E-state index contributed by atoms with van der Waals surface area (Å²) in [6.45, 7) is 11.1. The van der Waals surface area contributed by atoms with Crippen molar-refractivity contribution in [3.05, 3.63) is 53.7 Å². The Bertz CT molecular complexity index is 1150. The van der Waals surface area contributed by atoms with Gasteiger partial charge in [0.15, 0.2) is 17.2 Å². The smallest absolute Gasteiger partial charge is 0.418 e. The van der Waals surface area contributed by atoms with E-state index in [1.807, 2.05) is 24.4 Å². The lowest BCUT2D eigenvalue weighted by atomic mass is 10.0. The van der Waals surface area contributed by atoms with Gasteiger partial charge in [-0.2, -0.15) is 0 Å². The quantitative estimate of drug-likeness (QED) is 0.231. The molecule has 0 atom stereocenters. The summed E-state index contributed by atoms with van der Waals surface area (Å²) in [6.07, 6.45) is 5.28. The van der Waals surface area contributed by atoms with Gasteiger partial charge in [-0.1, -0.05) is 39.0 Å². The van der Waals surface area contributed by atoms with Gasteiger partial charge in [-0.3, -0.25) is 4.57 Å². The molecule has 1 aromatic heterocycles. The average molecular weight is 498 g/mol. The Morgan fingerprint density at radius 1 is 0.943 bits per heavy atom. The minimum Gasteiger partial charge on any atom is -0.539 e. The van der Waals surface area contributed by atoms with Crippen LogP contribution >= 0.6 is 0 Å². The summed E-state index contributed by atoms with van der Waals surface area (Å²) in [5.41, 5.74) is 3.18. The molecule has 0 spiro atoms. The molecule has 0 bridgehead atoms. The van der Waals surface area contributed by atoms with E-state index in [0.717, 1.165) is 47.7 Å². The molecule has 0 fully saturated rings. The molecule has 7 heteroatoms. The van der Waals surface area contributed by atoms with E-state index in [1.54, 1.807) is 18.8 Å². The summed E-state index contributed by atoms with van der Waals surface area (Å²) in [4.78, 5) is 12.2. The first-order chi connectivity index (χ1) is 16.5. The van der Waals surface area contributed by atoms with Crippen LogP contribution in [0.5, 0.6) is 17.2 Å². The number of hydrogen-bond acceptors (Lipinski definition) is 5. The number of fused-ring (bicyclic) bond motifs is 1. The standard InChI is InChI=1S/C28H39NO5Si/c1-28(2,3)35(7,8)34-26-24(31-4)17-20(18-25(26)32-5)13-9-10-14-21-19-29(27(30)33-6)23-16-12-11-15-22(21)23/h11-12,15-19H,9-10,13-14H2,1-8H3. The molecule has 3 aromatic rings. The Kier molecular flexibility index (Phi) is 8.21. The third-order valence-electron chi connectivity index (χ3n) is 7.01. The fourth-order valence-corrected chi connectivity index (χ4v) is 4.95. The highest BCUT2D eigenvalue weighted by atomic mass is 28.4. The molecular formula is C28H39NO5Si. The first-order valence-electron chi connectivity index (χ1n) is 12.1. The molecule has 35 heavy (non-hydrogen) atoms. The molecule has 0 saturated heterocycles. The van der Waals surface area contributed by atoms with Crippen molar-refractivity contribution in [2.24, 2.45) is 0 Å². The van der Waals surface area contributed by atoms with Crippen LogP contribution in [-0.2, 0) is 17.6 Å². The Morgan fingerprint density at radius 2 is 1.54 bits per heavy atom. The van der Waals surface area contributed by atoms with Gasteiger partial charge in [0, 0.05) is 11.6 Å². The fourth-order valence-electron chi connectivity index (χ4n) is 3.93. The van der Waals surface area contributed by atoms with E-state index in [4.69, 9.17) is 18.6 Å². The number of aryl methyl sites for hydroxylation is 2. The molecule has 0 aliphatic rings. The predicted molar refractivity (Wildman–Crippen MR) is 144 cm³/mol. The molecule has 0 unspecified atom stereocenters. The molecule has 6 nitrogen and oxygen atoms in total. The normalized spacial score (nSPS) is 12.0. The van der Waals surface area contributed by atoms with E-state index < -0.39 is 8.32 Å². The first kappa shape index (κ1) is 26.7. The lowest BCUT2D eigenvalue weighted by Gasteiger charge is -2.37. The maximum absolute atomic E-state index is 12.2. The number of rotatable bonds is 9. The van der Waals surface area contributed by atoms with Crippen LogP contribution < -0.4 is 13.9 Å². The van der Waals surface area contributed by atoms with Crippen LogP contribution in [0.15, 0.2) is 42.6 Å². The molecule has 0 saturated carbocycles. The van der Waals surface area contributed by atoms with Gasteiger partial charge in [0.2, 0.25) is 0 Å². The molecule has 0 amide bonds. The zero-order chi connectivity index (χ0) is 25.8. The summed E-state index contributed by atoms with van der Waals surface area (Å²) in [5.74, 6) is 2.12. The SMILES string of the molecule is COC(=O)n1cc(CCCCc2cc(OC)c(O[Si](C)(C)C(C)(C)C)c(OC)c2)c2ccccc21. The van der Waals surface area contributed by atoms with Gasteiger partial charge in [0.05, 0.1) is 26.8 Å². The first-order valence-corrected chi connectivity index (χ1v) is 15.0. The monoisotopic (exact) mass is 497 g/mol. The van der Waals surface area contributed by atoms with Crippen molar-refractivity contribution in [2.45, 2.75) is 64.6 Å². The van der Waals surface area contributed by atoms with Crippen LogP contribution in [0.3, 0.4) is 0 Å². The molecule has 1 heterocycles. The van der Waals surface area contributed by atoms with E-state index in [2.05, 4.69) is 52.1 Å². The van der Waals surface area contributed by atoms with Crippen LogP contribution in [0.4, 0.5) is 4.79 Å². The minimum absolute atomic E-state index is 0.0681. The number of benzene rings is 2. The van der Waals surface area contributed by atoms with Gasteiger partial charge in [-0.15, -0.1) is 0 Å². The maximum Gasteiger partial charge on any atom is 0.418 e. The highest BCUT2D eigenvalue weighted by Gasteiger charge is 2.40. The molecule has 0 aliphatic carbocycles. The Hall–Kier alpha value is -2.93. The third-order valence-corrected chi connectivity index (χ3v) is 11.3. The number of hydrogen-bond donors (Lipinski definition) is 0. The third kappa shape index (κ3) is 5.84. The molecule has 0 aliphatic heterocycles. The Morgan fingerprint density at radius 3 is 2.11 bits per heavy atom. The van der Waals surface area contributed by atoms with Gasteiger partial charge in [0.1, 0.15) is 0 Å². The lowest BCUT2D eigenvalue weighted by molar-refractivity contribution is 0.174. The number of methoxy groups -OCH3 is 3. The molecule has 0 radical (unpaired) electrons. The van der Waals surface area contributed by atoms with Crippen molar-refractivity contribution in [3.8, 4) is 17.2 Å². The Labute approximate surface area is 210 Å². The summed E-state index contributed by atoms with van der Waals surface area (Å²) in [6, 6.07) is 12.1. The Balaban J connectivity index is 1.73. The van der Waals surface area contributed by atoms with E-state index in [1.165, 1.54) is 7.11 Å². The summed E-state index contributed by atoms with van der Waals surface area (Å²) < 4.78 is 24.5. The van der Waals surface area contributed by atoms with Gasteiger partial charge < -0.3 is 18.6 Å². The summed E-state index contributed by atoms with van der Waals surface area (Å²) in [7, 11) is 2.70. The van der Waals surface area contributed by atoms with Crippen molar-refractivity contribution >= 4 is 25.3 Å². The molecular weight excluding hydrogens is 458 g/mol. The molecule has 190 valence electrons. The zero-order valence-electron chi connectivity index (χ0n) is 22.4. The average Bonchev–Trinajstić information content (AvgIpc) is 3.19. The molecule has 3 rings (SSSR count). The number of unbranched alkanes of at least 4 members (excludes halogenated alkanes) is 1. The van der Waals surface area contributed by atoms with Crippen molar-refractivity contribution in [1.29, 1.82) is 0 Å². The number of para-hydroxylation sites is 1. The highest BCUT2D eigenvalue weighted by Crippen LogP contribution is 2.45. The second-order valence-electron chi connectivity index (χ2n) is 10.4. The second-order valence-corrected chi connectivity index (χ2v) is 15.1. The van der Waals surface area contributed by atoms with E-state index in [-0.39, 0.29) is 11.1 Å². The lowest BCUT2D eigenvalue weighted by Crippen LogP contribution is -2.44. The topological polar surface area (TPSA) is 58.9 Å². The molecule has 0 N–H and O–H groups in total. The van der Waals surface area contributed by atoms with Crippen LogP contribution in [-0.4, -0.2) is 40.3 Å². The predicted octanol–water partition coefficient (Wildman–Crippen LogP) is 7.22. The number of nitrogens with zero attached hydrogens (tertiary/aromatic N) is 1. The minimum atomic E-state index is -2.05. The van der Waals surface area contributed by atoms with E-state index in [9.17, 15) is 4.79 Å².